The maximum absolute atomic E-state index is 12.2. The predicted octanol–water partition coefficient (Wildman–Crippen LogP) is 4.43. The van der Waals surface area contributed by atoms with Gasteiger partial charge in [0.05, 0.1) is 13.2 Å². The molecule has 0 radical (unpaired) electrons. The van der Waals surface area contributed by atoms with Crippen LogP contribution in [0.25, 0.3) is 10.9 Å². The first-order chi connectivity index (χ1) is 16.1. The Kier molecular flexibility index (Phi) is 7.78. The number of amides is 1. The van der Waals surface area contributed by atoms with Crippen LogP contribution in [0.2, 0.25) is 5.02 Å². The minimum absolute atomic E-state index is 0.264. The first-order valence-corrected chi connectivity index (χ1v) is 11.2. The van der Waals surface area contributed by atoms with E-state index in [0.29, 0.717) is 37.2 Å². The third-order valence-electron chi connectivity index (χ3n) is 5.40. The molecule has 2 aromatic carbocycles. The van der Waals surface area contributed by atoms with Crippen LogP contribution in [0.5, 0.6) is 0 Å². The van der Waals surface area contributed by atoms with Crippen LogP contribution in [0.4, 0.5) is 0 Å². The molecule has 0 unspecified atom stereocenters. The third kappa shape index (κ3) is 6.22. The van der Waals surface area contributed by atoms with Crippen molar-refractivity contribution >= 4 is 28.4 Å². The lowest BCUT2D eigenvalue weighted by Gasteiger charge is -2.21. The Bertz CT molecular complexity index is 1200. The lowest BCUT2D eigenvalue weighted by Crippen LogP contribution is -2.27. The largest absolute Gasteiger partial charge is 0.447 e. The molecule has 0 bridgehead atoms. The van der Waals surface area contributed by atoms with Gasteiger partial charge in [0.1, 0.15) is 6.26 Å². The second-order valence-electron chi connectivity index (χ2n) is 7.83. The van der Waals surface area contributed by atoms with E-state index >= 15 is 0 Å². The number of nitrogens with one attached hydrogen (secondary N) is 2. The van der Waals surface area contributed by atoms with Gasteiger partial charge in [-0.05, 0) is 35.7 Å². The Morgan fingerprint density at radius 3 is 2.94 bits per heavy atom. The topological polar surface area (TPSA) is 83.4 Å². The number of aromatic nitrogens is 2. The number of oxazole rings is 1. The molecule has 0 spiro atoms. The number of benzene rings is 2. The molecule has 0 aliphatic rings. The number of aromatic amines is 1. The number of rotatable bonds is 11. The summed E-state index contributed by atoms with van der Waals surface area (Å²) in [6.07, 6.45) is 4.32. The summed E-state index contributed by atoms with van der Waals surface area (Å²) in [7, 11) is 1.59. The summed E-state index contributed by atoms with van der Waals surface area (Å²) in [5.74, 6) is 0.218. The maximum atomic E-state index is 12.2. The molecule has 2 heterocycles. The monoisotopic (exact) mass is 466 g/mol. The van der Waals surface area contributed by atoms with Crippen LogP contribution in [0.15, 0.2) is 65.4 Å². The molecule has 0 saturated heterocycles. The van der Waals surface area contributed by atoms with Crippen LogP contribution in [-0.4, -0.2) is 47.6 Å². The molecule has 0 fully saturated rings. The van der Waals surface area contributed by atoms with Gasteiger partial charge in [0, 0.05) is 48.9 Å². The molecule has 4 aromatic rings. The molecule has 33 heavy (non-hydrogen) atoms. The molecule has 7 nitrogen and oxygen atoms in total. The first-order valence-electron chi connectivity index (χ1n) is 10.9. The van der Waals surface area contributed by atoms with Gasteiger partial charge in [0.15, 0.2) is 5.69 Å². The number of fused-ring (bicyclic) bond motifs is 1. The lowest BCUT2D eigenvalue weighted by molar-refractivity contribution is 0.0932. The quantitative estimate of drug-likeness (QED) is 0.319. The maximum Gasteiger partial charge on any atom is 0.273 e. The fraction of sp³-hybridized carbons (Fsp3) is 0.280. The van der Waals surface area contributed by atoms with Gasteiger partial charge in [-0.25, -0.2) is 4.98 Å². The second kappa shape index (κ2) is 11.1. The van der Waals surface area contributed by atoms with Crippen molar-refractivity contribution in [1.29, 1.82) is 0 Å². The first kappa shape index (κ1) is 23.0. The number of nitrogens with zero attached hydrogens (tertiary/aromatic N) is 2. The Labute approximate surface area is 197 Å². The number of hydrogen-bond acceptors (Lipinski definition) is 5. The number of hydrogen-bond donors (Lipinski definition) is 2. The van der Waals surface area contributed by atoms with Gasteiger partial charge in [-0.15, -0.1) is 0 Å². The minimum Gasteiger partial charge on any atom is -0.447 e. The molecule has 8 heteroatoms. The minimum atomic E-state index is -0.276. The molecule has 172 valence electrons. The molecule has 1 amide bonds. The zero-order valence-corrected chi connectivity index (χ0v) is 19.3. The van der Waals surface area contributed by atoms with E-state index in [-0.39, 0.29) is 11.6 Å². The van der Waals surface area contributed by atoms with Gasteiger partial charge >= 0.3 is 0 Å². The normalized spacial score (nSPS) is 11.4. The van der Waals surface area contributed by atoms with E-state index in [4.69, 9.17) is 20.8 Å². The zero-order chi connectivity index (χ0) is 23.0. The molecule has 0 saturated carbocycles. The highest BCUT2D eigenvalue weighted by molar-refractivity contribution is 6.30. The summed E-state index contributed by atoms with van der Waals surface area (Å²) >= 11 is 6.20. The van der Waals surface area contributed by atoms with Crippen molar-refractivity contribution in [3.8, 4) is 0 Å². The van der Waals surface area contributed by atoms with Gasteiger partial charge in [-0.1, -0.05) is 41.9 Å². The van der Waals surface area contributed by atoms with Crippen molar-refractivity contribution in [2.45, 2.75) is 19.5 Å². The molecule has 0 aliphatic carbocycles. The van der Waals surface area contributed by atoms with Gasteiger partial charge < -0.3 is 19.5 Å². The molecule has 4 rings (SSSR count). The van der Waals surface area contributed by atoms with Crippen molar-refractivity contribution in [2.75, 3.05) is 26.8 Å². The average molecular weight is 467 g/mol. The molecule has 2 N–H and O–H groups in total. The summed E-state index contributed by atoms with van der Waals surface area (Å²) in [6.45, 7) is 2.80. The van der Waals surface area contributed by atoms with Gasteiger partial charge in [-0.3, -0.25) is 9.69 Å². The smallest absolute Gasteiger partial charge is 0.273 e. The number of ether oxygens (including phenoxy) is 1. The highest BCUT2D eigenvalue weighted by Gasteiger charge is 2.16. The summed E-state index contributed by atoms with van der Waals surface area (Å²) in [5.41, 5.74) is 3.75. The fourth-order valence-electron chi connectivity index (χ4n) is 3.76. The van der Waals surface area contributed by atoms with Crippen LogP contribution < -0.4 is 5.32 Å². The summed E-state index contributed by atoms with van der Waals surface area (Å²) in [4.78, 5) is 22.2. The highest BCUT2D eigenvalue weighted by Crippen LogP contribution is 2.20. The number of H-pyrrole nitrogens is 1. The molecule has 0 atom stereocenters. The van der Waals surface area contributed by atoms with Crippen molar-refractivity contribution in [1.82, 2.24) is 20.2 Å². The van der Waals surface area contributed by atoms with Gasteiger partial charge in [0.25, 0.3) is 5.91 Å². The fourth-order valence-corrected chi connectivity index (χ4v) is 3.97. The van der Waals surface area contributed by atoms with Crippen LogP contribution in [0.1, 0.15) is 27.5 Å². The Hall–Kier alpha value is -3.13. The molecule has 2 aromatic heterocycles. The third-order valence-corrected chi connectivity index (χ3v) is 5.64. The Morgan fingerprint density at radius 1 is 1.21 bits per heavy atom. The van der Waals surface area contributed by atoms with Crippen LogP contribution in [-0.2, 0) is 24.2 Å². The summed E-state index contributed by atoms with van der Waals surface area (Å²) < 4.78 is 10.6. The standard InChI is InChI=1S/C25H27ClN4O3/c1-32-12-10-27-25(31)23-17-33-24(29-23)16-30(15-18-5-4-6-20(26)13-18)11-9-19-14-28-22-8-3-2-7-21(19)22/h2-8,13-14,17,28H,9-12,15-16H2,1H3,(H,27,31). The van der Waals surface area contributed by atoms with Crippen molar-refractivity contribution in [2.24, 2.45) is 0 Å². The van der Waals surface area contributed by atoms with E-state index in [1.807, 2.05) is 24.3 Å². The van der Waals surface area contributed by atoms with E-state index in [9.17, 15) is 4.79 Å². The van der Waals surface area contributed by atoms with Gasteiger partial charge in [0.2, 0.25) is 5.89 Å². The van der Waals surface area contributed by atoms with E-state index in [1.54, 1.807) is 7.11 Å². The van der Waals surface area contributed by atoms with Crippen molar-refractivity contribution < 1.29 is 13.9 Å². The Balaban J connectivity index is 1.46. The van der Waals surface area contributed by atoms with Crippen LogP contribution in [0.3, 0.4) is 0 Å². The number of carbonyl (C=O) groups excluding carboxylic acids is 1. The predicted molar refractivity (Wildman–Crippen MR) is 128 cm³/mol. The second-order valence-corrected chi connectivity index (χ2v) is 8.26. The van der Waals surface area contributed by atoms with E-state index < -0.39 is 0 Å². The lowest BCUT2D eigenvalue weighted by atomic mass is 10.1. The van der Waals surface area contributed by atoms with Crippen LogP contribution >= 0.6 is 11.6 Å². The van der Waals surface area contributed by atoms with Crippen molar-refractivity contribution in [3.63, 3.8) is 0 Å². The highest BCUT2D eigenvalue weighted by atomic mass is 35.5. The number of halogens is 1. The number of carbonyl (C=O) groups is 1. The summed E-state index contributed by atoms with van der Waals surface area (Å²) in [5, 5.41) is 4.69. The Morgan fingerprint density at radius 2 is 2.09 bits per heavy atom. The molecule has 0 aliphatic heterocycles. The van der Waals surface area contributed by atoms with Crippen LogP contribution in [0, 0.1) is 0 Å². The van der Waals surface area contributed by atoms with E-state index in [0.717, 1.165) is 24.0 Å². The molecular weight excluding hydrogens is 440 g/mol. The summed E-state index contributed by atoms with van der Waals surface area (Å²) in [6, 6.07) is 16.1. The van der Waals surface area contributed by atoms with Gasteiger partial charge in [-0.2, -0.15) is 0 Å². The van der Waals surface area contributed by atoms with Crippen molar-refractivity contribution in [3.05, 3.63) is 88.7 Å². The molecular formula is C25H27ClN4O3. The SMILES string of the molecule is COCCNC(=O)c1coc(CN(CCc2c[nH]c3ccccc23)Cc2cccc(Cl)c2)n1. The average Bonchev–Trinajstić information content (AvgIpc) is 3.45. The number of para-hydroxylation sites is 1. The number of methoxy groups -OCH3 is 1. The van der Waals surface area contributed by atoms with E-state index in [2.05, 4.69) is 50.6 Å². The zero-order valence-electron chi connectivity index (χ0n) is 18.5. The van der Waals surface area contributed by atoms with E-state index in [1.165, 1.54) is 17.2 Å².